The molecule has 7 heteroatoms. The third kappa shape index (κ3) is 3.24. The molecule has 0 aromatic heterocycles. The fraction of sp³-hybridized carbons (Fsp3) is 0.500. The maximum absolute atomic E-state index is 12.2. The highest BCUT2D eigenvalue weighted by molar-refractivity contribution is 7.89. The summed E-state index contributed by atoms with van der Waals surface area (Å²) >= 11 is 0. The summed E-state index contributed by atoms with van der Waals surface area (Å²) in [5, 5.41) is 3.09. The molecule has 1 unspecified atom stereocenters. The van der Waals surface area contributed by atoms with Crippen LogP contribution in [0.25, 0.3) is 0 Å². The first kappa shape index (κ1) is 14.3. The van der Waals surface area contributed by atoms with E-state index in [1.165, 1.54) is 19.2 Å². The number of hydrogen-bond acceptors (Lipinski definition) is 5. The van der Waals surface area contributed by atoms with E-state index in [-0.39, 0.29) is 17.0 Å². The van der Waals surface area contributed by atoms with Crippen molar-refractivity contribution < 1.29 is 17.9 Å². The zero-order valence-corrected chi connectivity index (χ0v) is 11.7. The molecule has 2 atom stereocenters. The van der Waals surface area contributed by atoms with E-state index in [4.69, 9.17) is 9.47 Å². The van der Waals surface area contributed by atoms with E-state index in [0.29, 0.717) is 18.8 Å². The smallest absolute Gasteiger partial charge is 0.240 e. The van der Waals surface area contributed by atoms with E-state index in [1.807, 2.05) is 0 Å². The maximum atomic E-state index is 12.2. The van der Waals surface area contributed by atoms with Gasteiger partial charge in [0.05, 0.1) is 24.2 Å². The van der Waals surface area contributed by atoms with Gasteiger partial charge in [-0.3, -0.25) is 0 Å². The largest absolute Gasteiger partial charge is 0.497 e. The molecule has 2 N–H and O–H groups in total. The van der Waals surface area contributed by atoms with Gasteiger partial charge in [0.1, 0.15) is 5.75 Å². The minimum Gasteiger partial charge on any atom is -0.497 e. The molecule has 0 bridgehead atoms. The summed E-state index contributed by atoms with van der Waals surface area (Å²) in [6.45, 7) is 1.21. The van der Waals surface area contributed by atoms with Crippen LogP contribution in [0.1, 0.15) is 0 Å². The van der Waals surface area contributed by atoms with Crippen molar-refractivity contribution in [2.24, 2.45) is 0 Å². The molecule has 106 valence electrons. The van der Waals surface area contributed by atoms with Gasteiger partial charge in [0.25, 0.3) is 0 Å². The van der Waals surface area contributed by atoms with Gasteiger partial charge >= 0.3 is 0 Å². The van der Waals surface area contributed by atoms with Crippen LogP contribution in [0, 0.1) is 0 Å². The molecule has 1 aromatic carbocycles. The fourth-order valence-electron chi connectivity index (χ4n) is 2.04. The van der Waals surface area contributed by atoms with E-state index in [2.05, 4.69) is 10.0 Å². The normalized spacial score (nSPS) is 23.5. The highest BCUT2D eigenvalue weighted by Crippen LogP contribution is 2.16. The Hall–Kier alpha value is -1.15. The third-order valence-electron chi connectivity index (χ3n) is 3.14. The second-order valence-electron chi connectivity index (χ2n) is 4.34. The number of nitrogens with one attached hydrogen (secondary N) is 2. The lowest BCUT2D eigenvalue weighted by Crippen LogP contribution is -2.43. The van der Waals surface area contributed by atoms with Crippen molar-refractivity contribution in [2.75, 3.05) is 27.3 Å². The molecule has 6 nitrogen and oxygen atoms in total. The van der Waals surface area contributed by atoms with Gasteiger partial charge in [-0.1, -0.05) is 0 Å². The molecule has 1 fully saturated rings. The highest BCUT2D eigenvalue weighted by atomic mass is 32.2. The Balaban J connectivity index is 2.13. The molecule has 1 saturated heterocycles. The minimum absolute atomic E-state index is 0.145. The summed E-state index contributed by atoms with van der Waals surface area (Å²) in [6, 6.07) is 6.03. The average molecular weight is 286 g/mol. The molecule has 1 aromatic rings. The predicted molar refractivity (Wildman–Crippen MR) is 70.8 cm³/mol. The van der Waals surface area contributed by atoms with Gasteiger partial charge in [0, 0.05) is 20.2 Å². The second-order valence-corrected chi connectivity index (χ2v) is 6.05. The van der Waals surface area contributed by atoms with Crippen LogP contribution in [-0.2, 0) is 14.8 Å². The van der Waals surface area contributed by atoms with Gasteiger partial charge in [0.2, 0.25) is 10.0 Å². The van der Waals surface area contributed by atoms with Crippen LogP contribution in [0.4, 0.5) is 0 Å². The predicted octanol–water partition coefficient (Wildman–Crippen LogP) is -0.0397. The molecule has 1 heterocycles. The van der Waals surface area contributed by atoms with E-state index in [0.717, 1.165) is 0 Å². The van der Waals surface area contributed by atoms with Gasteiger partial charge in [-0.05, 0) is 24.3 Å². The quantitative estimate of drug-likeness (QED) is 0.794. The summed E-state index contributed by atoms with van der Waals surface area (Å²) in [5.74, 6) is 0.622. The van der Waals surface area contributed by atoms with Gasteiger partial charge in [-0.15, -0.1) is 0 Å². The minimum atomic E-state index is -3.54. The van der Waals surface area contributed by atoms with Crippen molar-refractivity contribution in [2.45, 2.75) is 17.0 Å². The van der Waals surface area contributed by atoms with E-state index in [9.17, 15) is 8.42 Å². The van der Waals surface area contributed by atoms with E-state index < -0.39 is 10.0 Å². The number of hydrogen-bond donors (Lipinski definition) is 2. The Morgan fingerprint density at radius 3 is 2.47 bits per heavy atom. The van der Waals surface area contributed by atoms with Crippen molar-refractivity contribution in [3.8, 4) is 5.75 Å². The van der Waals surface area contributed by atoms with Crippen LogP contribution in [0.3, 0.4) is 0 Å². The van der Waals surface area contributed by atoms with Crippen molar-refractivity contribution >= 4 is 10.0 Å². The molecule has 0 saturated carbocycles. The van der Waals surface area contributed by atoms with Gasteiger partial charge in [-0.25, -0.2) is 13.1 Å². The zero-order chi connectivity index (χ0) is 13.9. The first-order chi connectivity index (χ1) is 9.06. The summed E-state index contributed by atoms with van der Waals surface area (Å²) < 4.78 is 37.3. The van der Waals surface area contributed by atoms with Gasteiger partial charge < -0.3 is 14.8 Å². The summed E-state index contributed by atoms with van der Waals surface area (Å²) in [6.07, 6.45) is -0.145. The Morgan fingerprint density at radius 2 is 1.89 bits per heavy atom. The molecular weight excluding hydrogens is 268 g/mol. The van der Waals surface area contributed by atoms with Crippen molar-refractivity contribution in [1.82, 2.24) is 10.0 Å². The zero-order valence-electron chi connectivity index (χ0n) is 10.9. The molecule has 0 amide bonds. The van der Waals surface area contributed by atoms with Crippen LogP contribution in [-0.4, -0.2) is 47.9 Å². The van der Waals surface area contributed by atoms with Crippen LogP contribution >= 0.6 is 0 Å². The first-order valence-corrected chi connectivity index (χ1v) is 7.45. The van der Waals surface area contributed by atoms with Crippen LogP contribution < -0.4 is 14.8 Å². The van der Waals surface area contributed by atoms with Crippen molar-refractivity contribution in [3.63, 3.8) is 0 Å². The first-order valence-electron chi connectivity index (χ1n) is 5.96. The highest BCUT2D eigenvalue weighted by Gasteiger charge is 2.31. The SMILES string of the molecule is COc1ccc(S(=O)(=O)NC2CNC[C@@H]2OC)cc1. The Morgan fingerprint density at radius 1 is 1.21 bits per heavy atom. The molecule has 0 radical (unpaired) electrons. The summed E-state index contributed by atoms with van der Waals surface area (Å²) in [4.78, 5) is 0.218. The van der Waals surface area contributed by atoms with Crippen LogP contribution in [0.5, 0.6) is 5.75 Å². The Labute approximate surface area is 113 Å². The standard InChI is InChI=1S/C12H18N2O4S/c1-17-9-3-5-10(6-4-9)19(15,16)14-11-7-13-8-12(11)18-2/h3-6,11-14H,7-8H2,1-2H3/t11?,12-/m0/s1. The second kappa shape index (κ2) is 5.87. The summed E-state index contributed by atoms with van der Waals surface area (Å²) in [5.41, 5.74) is 0. The third-order valence-corrected chi connectivity index (χ3v) is 4.64. The molecule has 2 rings (SSSR count). The van der Waals surface area contributed by atoms with E-state index in [1.54, 1.807) is 19.2 Å². The van der Waals surface area contributed by atoms with E-state index >= 15 is 0 Å². The number of methoxy groups -OCH3 is 2. The molecule has 0 aliphatic carbocycles. The number of benzene rings is 1. The van der Waals surface area contributed by atoms with Gasteiger partial charge in [-0.2, -0.15) is 0 Å². The molecule has 0 spiro atoms. The fourth-order valence-corrected chi connectivity index (χ4v) is 3.31. The molecular formula is C12H18N2O4S. The maximum Gasteiger partial charge on any atom is 0.240 e. The monoisotopic (exact) mass is 286 g/mol. The van der Waals surface area contributed by atoms with Crippen LogP contribution in [0.2, 0.25) is 0 Å². The lowest BCUT2D eigenvalue weighted by atomic mass is 10.2. The lowest BCUT2D eigenvalue weighted by molar-refractivity contribution is 0.103. The lowest BCUT2D eigenvalue weighted by Gasteiger charge is -2.18. The van der Waals surface area contributed by atoms with Crippen LogP contribution in [0.15, 0.2) is 29.2 Å². The van der Waals surface area contributed by atoms with Gasteiger partial charge in [0.15, 0.2) is 0 Å². The number of rotatable bonds is 5. The molecule has 1 aliphatic heterocycles. The van der Waals surface area contributed by atoms with Crippen molar-refractivity contribution in [1.29, 1.82) is 0 Å². The molecule has 19 heavy (non-hydrogen) atoms. The average Bonchev–Trinajstić information content (AvgIpc) is 2.85. The molecule has 1 aliphatic rings. The number of sulfonamides is 1. The number of ether oxygens (including phenoxy) is 2. The Kier molecular flexibility index (Phi) is 4.41. The summed E-state index contributed by atoms with van der Waals surface area (Å²) in [7, 11) is -0.425. The topological polar surface area (TPSA) is 76.7 Å². The Bertz CT molecular complexity index is 515. The van der Waals surface area contributed by atoms with Crippen molar-refractivity contribution in [3.05, 3.63) is 24.3 Å².